The van der Waals surface area contributed by atoms with Gasteiger partial charge >= 0.3 is 17.3 Å². The Hall–Kier alpha value is -4.38. The van der Waals surface area contributed by atoms with E-state index in [-0.39, 0.29) is 18.7 Å². The topological polar surface area (TPSA) is 145 Å². The van der Waals surface area contributed by atoms with Crippen LogP contribution in [0.1, 0.15) is 12.5 Å². The van der Waals surface area contributed by atoms with Gasteiger partial charge in [-0.3, -0.25) is 14.3 Å². The van der Waals surface area contributed by atoms with E-state index in [0.29, 0.717) is 22.3 Å². The number of ether oxygens (including phenoxy) is 1. The van der Waals surface area contributed by atoms with Gasteiger partial charge in [0.25, 0.3) is 5.88 Å². The average molecular weight is 498 g/mol. The number of nitrogens with zero attached hydrogens (tertiary/aromatic N) is 4. The van der Waals surface area contributed by atoms with Gasteiger partial charge in [-0.05, 0) is 47.1 Å². The molecule has 2 aromatic carbocycles. The first kappa shape index (κ1) is 23.8. The van der Waals surface area contributed by atoms with Crippen molar-refractivity contribution in [2.45, 2.75) is 20.0 Å². The number of benzene rings is 2. The predicted octanol–water partition coefficient (Wildman–Crippen LogP) is 2.77. The second kappa shape index (κ2) is 10.3. The Morgan fingerprint density at radius 1 is 1.14 bits per heavy atom. The summed E-state index contributed by atoms with van der Waals surface area (Å²) in [6, 6.07) is 15.0. The number of carbonyl (C=O) groups is 1. The Morgan fingerprint density at radius 2 is 1.86 bits per heavy atom. The van der Waals surface area contributed by atoms with E-state index < -0.39 is 23.3 Å². The van der Waals surface area contributed by atoms with Crippen molar-refractivity contribution < 1.29 is 19.2 Å². The molecule has 11 nitrogen and oxygen atoms in total. The molecule has 2 aromatic heterocycles. The van der Waals surface area contributed by atoms with Crippen LogP contribution in [0, 0.1) is 5.92 Å². The molecular weight excluding hydrogens is 478 g/mol. The van der Waals surface area contributed by atoms with Crippen LogP contribution in [0.4, 0.5) is 5.69 Å². The number of rotatable bonds is 8. The van der Waals surface area contributed by atoms with Crippen LogP contribution in [0.2, 0.25) is 5.02 Å². The highest BCUT2D eigenvalue weighted by molar-refractivity contribution is 6.30. The molecule has 12 heteroatoms. The molecule has 35 heavy (non-hydrogen) atoms. The quantitative estimate of drug-likeness (QED) is 0.380. The van der Waals surface area contributed by atoms with Crippen LogP contribution in [0.25, 0.3) is 0 Å². The monoisotopic (exact) mass is 497 g/mol. The van der Waals surface area contributed by atoms with Gasteiger partial charge in [0.05, 0.1) is 18.2 Å². The number of hydrogen-bond donors (Lipinski definition) is 2. The summed E-state index contributed by atoms with van der Waals surface area (Å²) in [5.41, 5.74) is -0.288. The van der Waals surface area contributed by atoms with Crippen molar-refractivity contribution in [1.82, 2.24) is 19.3 Å². The van der Waals surface area contributed by atoms with Crippen molar-refractivity contribution in [3.8, 4) is 11.6 Å². The van der Waals surface area contributed by atoms with E-state index in [1.165, 1.54) is 17.8 Å². The number of H-pyrrole nitrogens is 1. The largest absolute Gasteiger partial charge is 0.481 e. The van der Waals surface area contributed by atoms with E-state index in [9.17, 15) is 19.5 Å². The van der Waals surface area contributed by atoms with Crippen molar-refractivity contribution in [2.24, 2.45) is 10.9 Å². The van der Waals surface area contributed by atoms with Gasteiger partial charge in [0.1, 0.15) is 12.0 Å². The molecule has 0 aliphatic rings. The molecule has 4 rings (SSSR count). The molecule has 4 aromatic rings. The van der Waals surface area contributed by atoms with Crippen LogP contribution in [0.3, 0.4) is 0 Å². The predicted molar refractivity (Wildman–Crippen MR) is 125 cm³/mol. The number of halogens is 1. The molecule has 0 unspecified atom stereocenters. The fourth-order valence-corrected chi connectivity index (χ4v) is 3.28. The average Bonchev–Trinajstić information content (AvgIpc) is 3.34. The molecular formula is C23H20ClN5O6. The van der Waals surface area contributed by atoms with E-state index in [4.69, 9.17) is 20.9 Å². The molecule has 0 amide bonds. The zero-order valence-corrected chi connectivity index (χ0v) is 19.2. The Balaban J connectivity index is 1.76. The first-order chi connectivity index (χ1) is 16.8. The van der Waals surface area contributed by atoms with Gasteiger partial charge in [-0.15, -0.1) is 0 Å². The third-order valence-corrected chi connectivity index (χ3v) is 5.27. The molecule has 2 heterocycles. The number of aromatic nitrogens is 4. The molecule has 0 aliphatic heterocycles. The molecule has 0 saturated carbocycles. The summed E-state index contributed by atoms with van der Waals surface area (Å²) in [4.78, 5) is 44.2. The Morgan fingerprint density at radius 3 is 2.49 bits per heavy atom. The van der Waals surface area contributed by atoms with Gasteiger partial charge in [-0.25, -0.2) is 19.1 Å². The molecule has 0 radical (unpaired) electrons. The van der Waals surface area contributed by atoms with E-state index in [2.05, 4.69) is 15.1 Å². The van der Waals surface area contributed by atoms with Crippen LogP contribution < -0.4 is 21.7 Å². The van der Waals surface area contributed by atoms with Gasteiger partial charge in [0.15, 0.2) is 0 Å². The molecule has 0 bridgehead atoms. The van der Waals surface area contributed by atoms with Gasteiger partial charge in [-0.2, -0.15) is 0 Å². The molecule has 0 saturated heterocycles. The Kier molecular flexibility index (Phi) is 6.97. The normalized spacial score (nSPS) is 12.5. The molecule has 0 spiro atoms. The van der Waals surface area contributed by atoms with E-state index in [1.807, 2.05) is 0 Å². The number of nitrogens with one attached hydrogen (secondary N) is 1. The maximum atomic E-state index is 13.3. The minimum Gasteiger partial charge on any atom is -0.481 e. The van der Waals surface area contributed by atoms with E-state index >= 15 is 0 Å². The summed E-state index contributed by atoms with van der Waals surface area (Å²) in [5.74, 6) is -1.29. The van der Waals surface area contributed by atoms with Crippen LogP contribution in [0.5, 0.6) is 11.6 Å². The van der Waals surface area contributed by atoms with Crippen LogP contribution in [-0.2, 0) is 17.9 Å². The lowest BCUT2D eigenvalue weighted by Gasteiger charge is -2.13. The second-order valence-corrected chi connectivity index (χ2v) is 8.08. The number of hydrogen-bond acceptors (Lipinski definition) is 7. The smallest absolute Gasteiger partial charge is 0.335 e. The lowest BCUT2D eigenvalue weighted by Crippen LogP contribution is -2.51. The molecule has 0 aliphatic carbocycles. The fraction of sp³-hybridized carbons (Fsp3) is 0.174. The van der Waals surface area contributed by atoms with E-state index in [0.717, 1.165) is 10.1 Å². The zero-order chi connectivity index (χ0) is 24.9. The van der Waals surface area contributed by atoms with Gasteiger partial charge < -0.3 is 14.4 Å². The first-order valence-electron chi connectivity index (χ1n) is 10.4. The minimum atomic E-state index is -1.12. The fourth-order valence-electron chi connectivity index (χ4n) is 3.16. The van der Waals surface area contributed by atoms with Gasteiger partial charge in [-0.1, -0.05) is 30.7 Å². The van der Waals surface area contributed by atoms with Crippen LogP contribution in [0.15, 0.2) is 80.0 Å². The summed E-state index contributed by atoms with van der Waals surface area (Å²) >= 11 is 5.96. The standard InChI is InChI=1S/C23H20ClN5O6/c1-14(20(30)31)12-29-22(32)26-21(28(23(29)33)13-15-2-4-16(24)5-3-15)25-17-6-8-18(9-7-17)35-19-10-11-34-27-19/h2-11,14H,12-13H2,1H3,(H,30,31)(H,25,26,32)/t14-/m0/s1. The summed E-state index contributed by atoms with van der Waals surface area (Å²) < 4.78 is 12.4. The van der Waals surface area contributed by atoms with Crippen LogP contribution in [-0.4, -0.2) is 30.4 Å². The highest BCUT2D eigenvalue weighted by Crippen LogP contribution is 2.22. The third-order valence-electron chi connectivity index (χ3n) is 5.02. The number of aliphatic carboxylic acids is 1. The number of carboxylic acids is 1. The van der Waals surface area contributed by atoms with Crippen molar-refractivity contribution in [3.05, 3.63) is 98.0 Å². The minimum absolute atomic E-state index is 0.000604. The summed E-state index contributed by atoms with van der Waals surface area (Å²) in [6.07, 6.45) is 1.38. The summed E-state index contributed by atoms with van der Waals surface area (Å²) in [5, 5.41) is 13.4. The third kappa shape index (κ3) is 5.76. The van der Waals surface area contributed by atoms with Gasteiger partial charge in [0, 0.05) is 17.6 Å². The SMILES string of the molecule is C[C@@H](Cn1c(=O)[nH]/c(=N\c2ccc(Oc3ccon3)cc2)n(Cc2ccc(Cl)cc2)c1=O)C(=O)O. The maximum absolute atomic E-state index is 13.3. The Bertz CT molecular complexity index is 1500. The highest BCUT2D eigenvalue weighted by Gasteiger charge is 2.17. The van der Waals surface area contributed by atoms with Crippen molar-refractivity contribution in [3.63, 3.8) is 0 Å². The lowest BCUT2D eigenvalue weighted by molar-refractivity contribution is -0.141. The first-order valence-corrected chi connectivity index (χ1v) is 10.8. The van der Waals surface area contributed by atoms with Crippen molar-refractivity contribution in [1.29, 1.82) is 0 Å². The zero-order valence-electron chi connectivity index (χ0n) is 18.4. The summed E-state index contributed by atoms with van der Waals surface area (Å²) in [7, 11) is 0. The van der Waals surface area contributed by atoms with Crippen molar-refractivity contribution in [2.75, 3.05) is 0 Å². The molecule has 1 atom stereocenters. The van der Waals surface area contributed by atoms with Gasteiger partial charge in [0.2, 0.25) is 5.62 Å². The Labute approximate surface area is 202 Å². The molecule has 180 valence electrons. The van der Waals surface area contributed by atoms with E-state index in [1.54, 1.807) is 54.6 Å². The van der Waals surface area contributed by atoms with Crippen molar-refractivity contribution >= 4 is 23.3 Å². The maximum Gasteiger partial charge on any atom is 0.335 e. The van der Waals surface area contributed by atoms with Crippen LogP contribution >= 0.6 is 11.6 Å². The molecule has 2 N–H and O–H groups in total. The second-order valence-electron chi connectivity index (χ2n) is 7.64. The highest BCUT2D eigenvalue weighted by atomic mass is 35.5. The lowest BCUT2D eigenvalue weighted by atomic mass is 10.2. The molecule has 0 fully saturated rings. The number of carboxylic acid groups (broad SMARTS) is 1. The summed E-state index contributed by atoms with van der Waals surface area (Å²) in [6.45, 7) is 1.19. The number of aromatic amines is 1.